The van der Waals surface area contributed by atoms with E-state index in [1.54, 1.807) is 17.0 Å². The van der Waals surface area contributed by atoms with Crippen molar-refractivity contribution in [3.05, 3.63) is 84.4 Å². The van der Waals surface area contributed by atoms with Gasteiger partial charge >= 0.3 is 0 Å². The average molecular weight is 446 g/mol. The van der Waals surface area contributed by atoms with E-state index in [4.69, 9.17) is 4.74 Å². The van der Waals surface area contributed by atoms with Crippen LogP contribution in [0.2, 0.25) is 0 Å². The number of anilines is 3. The summed E-state index contributed by atoms with van der Waals surface area (Å²) in [6.45, 7) is 5.35. The number of nitrogens with one attached hydrogen (secondary N) is 2. The molecule has 2 amide bonds. The van der Waals surface area contributed by atoms with E-state index in [0.29, 0.717) is 30.1 Å². The van der Waals surface area contributed by atoms with Gasteiger partial charge in [-0.2, -0.15) is 0 Å². The van der Waals surface area contributed by atoms with E-state index < -0.39 is 0 Å². The van der Waals surface area contributed by atoms with E-state index in [-0.39, 0.29) is 18.4 Å². The molecule has 3 aromatic rings. The quantitative estimate of drug-likeness (QED) is 0.378. The fourth-order valence-electron chi connectivity index (χ4n) is 3.35. The van der Waals surface area contributed by atoms with Crippen LogP contribution >= 0.6 is 0 Å². The number of hydrogen-bond acceptors (Lipinski definition) is 4. The van der Waals surface area contributed by atoms with Gasteiger partial charge in [0.1, 0.15) is 5.75 Å². The first-order valence-electron chi connectivity index (χ1n) is 11.3. The van der Waals surface area contributed by atoms with E-state index in [0.717, 1.165) is 24.3 Å². The van der Waals surface area contributed by atoms with Gasteiger partial charge in [-0.25, -0.2) is 0 Å². The Hall–Kier alpha value is -3.80. The molecule has 0 aliphatic carbocycles. The van der Waals surface area contributed by atoms with Crippen molar-refractivity contribution in [2.24, 2.45) is 0 Å². The SMILES string of the molecule is CCCCOc1cccc(NC(=O)CNc2cccc(C(=O)N(CC)c3ccccc3)c2)c1. The Morgan fingerprint density at radius 3 is 2.39 bits per heavy atom. The molecule has 0 unspecified atom stereocenters. The Bertz CT molecular complexity index is 1050. The van der Waals surface area contributed by atoms with Crippen LogP contribution in [0.25, 0.3) is 0 Å². The van der Waals surface area contributed by atoms with Gasteiger partial charge in [0.15, 0.2) is 0 Å². The number of amides is 2. The molecule has 172 valence electrons. The molecule has 0 aromatic heterocycles. The summed E-state index contributed by atoms with van der Waals surface area (Å²) in [4.78, 5) is 27.2. The fourth-order valence-corrected chi connectivity index (χ4v) is 3.35. The molecule has 0 heterocycles. The number of unbranched alkanes of at least 4 members (excludes halogenated alkanes) is 1. The van der Waals surface area contributed by atoms with E-state index in [1.807, 2.05) is 73.7 Å². The molecule has 2 N–H and O–H groups in total. The number of carbonyl (C=O) groups excluding carboxylic acids is 2. The molecule has 3 aromatic carbocycles. The lowest BCUT2D eigenvalue weighted by atomic mass is 10.1. The highest BCUT2D eigenvalue weighted by molar-refractivity contribution is 6.06. The minimum Gasteiger partial charge on any atom is -0.494 e. The third-order valence-electron chi connectivity index (χ3n) is 5.08. The van der Waals surface area contributed by atoms with Crippen LogP contribution in [0, 0.1) is 0 Å². The van der Waals surface area contributed by atoms with Gasteiger partial charge in [0.05, 0.1) is 13.2 Å². The second kappa shape index (κ2) is 12.3. The van der Waals surface area contributed by atoms with Gasteiger partial charge in [0.2, 0.25) is 5.91 Å². The lowest BCUT2D eigenvalue weighted by Gasteiger charge is -2.21. The van der Waals surface area contributed by atoms with Crippen molar-refractivity contribution >= 4 is 28.9 Å². The Morgan fingerprint density at radius 1 is 0.879 bits per heavy atom. The maximum absolute atomic E-state index is 13.0. The molecular formula is C27H31N3O3. The van der Waals surface area contributed by atoms with Crippen LogP contribution in [0.5, 0.6) is 5.75 Å². The number of hydrogen-bond donors (Lipinski definition) is 2. The van der Waals surface area contributed by atoms with Crippen molar-refractivity contribution in [3.8, 4) is 5.75 Å². The Morgan fingerprint density at radius 2 is 1.64 bits per heavy atom. The Kier molecular flexibility index (Phi) is 8.88. The van der Waals surface area contributed by atoms with Crippen molar-refractivity contribution in [3.63, 3.8) is 0 Å². The molecule has 0 atom stereocenters. The summed E-state index contributed by atoms with van der Waals surface area (Å²) < 4.78 is 5.69. The number of benzene rings is 3. The minimum atomic E-state index is -0.183. The lowest BCUT2D eigenvalue weighted by molar-refractivity contribution is -0.114. The summed E-state index contributed by atoms with van der Waals surface area (Å²) >= 11 is 0. The van der Waals surface area contributed by atoms with Crippen LogP contribution in [-0.2, 0) is 4.79 Å². The molecule has 0 fully saturated rings. The van der Waals surface area contributed by atoms with E-state index >= 15 is 0 Å². The van der Waals surface area contributed by atoms with E-state index in [9.17, 15) is 9.59 Å². The average Bonchev–Trinajstić information content (AvgIpc) is 2.84. The first-order valence-corrected chi connectivity index (χ1v) is 11.3. The highest BCUT2D eigenvalue weighted by atomic mass is 16.5. The van der Waals surface area contributed by atoms with Crippen LogP contribution in [-0.4, -0.2) is 31.5 Å². The second-order valence-corrected chi connectivity index (χ2v) is 7.60. The fraction of sp³-hybridized carbons (Fsp3) is 0.259. The van der Waals surface area contributed by atoms with Gasteiger partial charge in [-0.15, -0.1) is 0 Å². The van der Waals surface area contributed by atoms with Gasteiger partial charge in [-0.05, 0) is 55.8 Å². The maximum Gasteiger partial charge on any atom is 0.258 e. The smallest absolute Gasteiger partial charge is 0.258 e. The lowest BCUT2D eigenvalue weighted by Crippen LogP contribution is -2.30. The van der Waals surface area contributed by atoms with Crippen molar-refractivity contribution in [1.82, 2.24) is 0 Å². The molecule has 6 nitrogen and oxygen atoms in total. The van der Waals surface area contributed by atoms with Crippen molar-refractivity contribution in [2.45, 2.75) is 26.7 Å². The Labute approximate surface area is 195 Å². The molecule has 0 radical (unpaired) electrons. The summed E-state index contributed by atoms with van der Waals surface area (Å²) in [7, 11) is 0. The first kappa shape index (κ1) is 23.9. The molecule has 3 rings (SSSR count). The number of para-hydroxylation sites is 1. The van der Waals surface area contributed by atoms with E-state index in [1.165, 1.54) is 0 Å². The maximum atomic E-state index is 13.0. The molecule has 0 spiro atoms. The number of rotatable bonds is 11. The van der Waals surface area contributed by atoms with Crippen molar-refractivity contribution < 1.29 is 14.3 Å². The van der Waals surface area contributed by atoms with Crippen molar-refractivity contribution in [1.29, 1.82) is 0 Å². The standard InChI is InChI=1S/C27H31N3O3/c1-3-5-17-33-25-16-10-13-23(19-25)29-26(31)20-28-22-12-9-11-21(18-22)27(32)30(4-2)24-14-7-6-8-15-24/h6-16,18-19,28H,3-5,17,20H2,1-2H3,(H,29,31). The monoisotopic (exact) mass is 445 g/mol. The van der Waals surface area contributed by atoms with Crippen LogP contribution in [0.1, 0.15) is 37.0 Å². The molecule has 6 heteroatoms. The largest absolute Gasteiger partial charge is 0.494 e. The zero-order valence-electron chi connectivity index (χ0n) is 19.2. The summed E-state index contributed by atoms with van der Waals surface area (Å²) in [5.74, 6) is 0.466. The molecule has 33 heavy (non-hydrogen) atoms. The molecule has 0 bridgehead atoms. The predicted octanol–water partition coefficient (Wildman–Crippen LogP) is 5.58. The van der Waals surface area contributed by atoms with Gasteiger partial charge in [0, 0.05) is 35.2 Å². The molecule has 0 saturated carbocycles. The highest BCUT2D eigenvalue weighted by Gasteiger charge is 2.16. The van der Waals surface area contributed by atoms with Crippen LogP contribution < -0.4 is 20.3 Å². The predicted molar refractivity (Wildman–Crippen MR) is 134 cm³/mol. The summed E-state index contributed by atoms with van der Waals surface area (Å²) in [5, 5.41) is 5.97. The minimum absolute atomic E-state index is 0.0781. The third kappa shape index (κ3) is 7.10. The molecule has 0 aliphatic rings. The van der Waals surface area contributed by atoms with Crippen LogP contribution in [0.3, 0.4) is 0 Å². The number of ether oxygens (including phenoxy) is 1. The van der Waals surface area contributed by atoms with Gasteiger partial charge in [0.25, 0.3) is 5.91 Å². The van der Waals surface area contributed by atoms with Crippen LogP contribution in [0.4, 0.5) is 17.1 Å². The summed E-state index contributed by atoms with van der Waals surface area (Å²) in [6, 6.07) is 24.1. The Balaban J connectivity index is 1.58. The zero-order valence-corrected chi connectivity index (χ0v) is 19.2. The van der Waals surface area contributed by atoms with Gasteiger partial charge in [-0.1, -0.05) is 43.7 Å². The molecule has 0 aliphatic heterocycles. The topological polar surface area (TPSA) is 70.7 Å². The molecule has 0 saturated heterocycles. The normalized spacial score (nSPS) is 10.4. The van der Waals surface area contributed by atoms with Gasteiger partial charge in [-0.3, -0.25) is 9.59 Å². The van der Waals surface area contributed by atoms with E-state index in [2.05, 4.69) is 17.6 Å². The number of carbonyl (C=O) groups is 2. The highest BCUT2D eigenvalue weighted by Crippen LogP contribution is 2.20. The third-order valence-corrected chi connectivity index (χ3v) is 5.08. The van der Waals surface area contributed by atoms with Crippen LogP contribution in [0.15, 0.2) is 78.9 Å². The number of nitrogens with zero attached hydrogens (tertiary/aromatic N) is 1. The molecular weight excluding hydrogens is 414 g/mol. The zero-order chi connectivity index (χ0) is 23.5. The van der Waals surface area contributed by atoms with Crippen molar-refractivity contribution in [2.75, 3.05) is 35.2 Å². The second-order valence-electron chi connectivity index (χ2n) is 7.60. The first-order chi connectivity index (χ1) is 16.1. The van der Waals surface area contributed by atoms with Gasteiger partial charge < -0.3 is 20.3 Å². The summed E-state index contributed by atoms with van der Waals surface area (Å²) in [6.07, 6.45) is 2.06. The summed E-state index contributed by atoms with van der Waals surface area (Å²) in [5.41, 5.74) is 2.80.